The number of aliphatic hydroxyl groups excluding tert-OH is 1. The van der Waals surface area contributed by atoms with Crippen LogP contribution in [0.15, 0.2) is 41.5 Å². The van der Waals surface area contributed by atoms with E-state index in [0.717, 1.165) is 42.6 Å². The van der Waals surface area contributed by atoms with Gasteiger partial charge in [0.1, 0.15) is 11.0 Å². The molecule has 1 aromatic carbocycles. The number of thiophene rings is 1. The van der Waals surface area contributed by atoms with Gasteiger partial charge >= 0.3 is 0 Å². The number of hydrogen-bond donors (Lipinski definition) is 1. The molecule has 7 aromatic rings. The summed E-state index contributed by atoms with van der Waals surface area (Å²) >= 11 is 1.55. The van der Waals surface area contributed by atoms with Crippen LogP contribution in [0.1, 0.15) is 22.9 Å². The Morgan fingerprint density at radius 2 is 1.67 bits per heavy atom. The van der Waals surface area contributed by atoms with Crippen molar-refractivity contribution >= 4 is 60.2 Å². The molecule has 1 N–H and O–H groups in total. The first-order chi connectivity index (χ1) is 16.0. The Hall–Kier alpha value is -3.95. The van der Waals surface area contributed by atoms with Crippen molar-refractivity contribution in [1.82, 2.24) is 28.9 Å². The molecule has 6 aromatic heterocycles. The Labute approximate surface area is 188 Å². The van der Waals surface area contributed by atoms with Crippen LogP contribution in [0.3, 0.4) is 0 Å². The van der Waals surface area contributed by atoms with Crippen molar-refractivity contribution in [1.29, 1.82) is 0 Å². The van der Waals surface area contributed by atoms with Crippen LogP contribution in [0.4, 0.5) is 0 Å². The second-order valence-corrected chi connectivity index (χ2v) is 9.70. The van der Waals surface area contributed by atoms with Gasteiger partial charge in [-0.15, -0.1) is 11.3 Å². The Kier molecular flexibility index (Phi) is 2.93. The van der Waals surface area contributed by atoms with Gasteiger partial charge in [-0.05, 0) is 43.2 Å². The van der Waals surface area contributed by atoms with Gasteiger partial charge in [-0.2, -0.15) is 0 Å². The molecule has 33 heavy (non-hydrogen) atoms. The summed E-state index contributed by atoms with van der Waals surface area (Å²) in [5.41, 5.74) is 5.79. The normalized spacial score (nSPS) is 15.5. The van der Waals surface area contributed by atoms with Gasteiger partial charge in [-0.3, -0.25) is 9.36 Å². The number of fused-ring (bicyclic) bond motifs is 8. The third-order valence-electron chi connectivity index (χ3n) is 6.56. The fraction of sp³-hybridized carbons (Fsp3) is 0.125. The number of pyridine rings is 3. The van der Waals surface area contributed by atoms with Gasteiger partial charge in [0.2, 0.25) is 0 Å². The van der Waals surface area contributed by atoms with Crippen molar-refractivity contribution < 1.29 is 5.11 Å². The van der Waals surface area contributed by atoms with Gasteiger partial charge in [0.25, 0.3) is 5.56 Å². The van der Waals surface area contributed by atoms with Gasteiger partial charge in [0, 0.05) is 34.1 Å². The van der Waals surface area contributed by atoms with E-state index in [2.05, 4.69) is 9.97 Å². The van der Waals surface area contributed by atoms with Gasteiger partial charge in [0.15, 0.2) is 29.0 Å². The van der Waals surface area contributed by atoms with Crippen LogP contribution in [0.5, 0.6) is 0 Å². The van der Waals surface area contributed by atoms with E-state index in [9.17, 15) is 9.90 Å². The second kappa shape index (κ2) is 5.51. The molecule has 7 heterocycles. The highest BCUT2D eigenvalue weighted by atomic mass is 32.1. The van der Waals surface area contributed by atoms with Crippen LogP contribution in [0, 0.1) is 13.8 Å². The summed E-state index contributed by atoms with van der Waals surface area (Å²) in [4.78, 5) is 33.2. The molecule has 0 fully saturated rings. The zero-order chi connectivity index (χ0) is 22.2. The molecule has 1 aliphatic heterocycles. The molecule has 0 bridgehead atoms. The number of nitrogens with zero attached hydrogens (tertiary/aromatic N) is 6. The number of aryl methyl sites for hydroxylation is 2. The highest BCUT2D eigenvalue weighted by Crippen LogP contribution is 2.50. The lowest BCUT2D eigenvalue weighted by molar-refractivity contribution is 0.152. The first-order valence-electron chi connectivity index (χ1n) is 10.5. The van der Waals surface area contributed by atoms with Gasteiger partial charge in [-0.1, -0.05) is 6.07 Å². The largest absolute Gasteiger partial charge is 0.369 e. The standard InChI is InChI=1S/C24H14N6O2S/c1-9-5-13-19(25-7-9)29-21(27-13)17-15-11(23(29)31)3-4-12-16(15)18(33-17)22-28-14-6-10(2)8-26-20(14)30(22)24(12)32/h3-8,23,31H,1-2H3. The molecule has 8 rings (SSSR count). The number of benzene rings is 1. The fourth-order valence-electron chi connectivity index (χ4n) is 5.16. The molecule has 1 aliphatic rings. The molecule has 158 valence electrons. The zero-order valence-electron chi connectivity index (χ0n) is 17.5. The van der Waals surface area contributed by atoms with Gasteiger partial charge < -0.3 is 5.11 Å². The van der Waals surface area contributed by atoms with Crippen molar-refractivity contribution in [2.75, 3.05) is 0 Å². The van der Waals surface area contributed by atoms with Crippen LogP contribution in [0.25, 0.3) is 59.5 Å². The number of hydrogen-bond acceptors (Lipinski definition) is 7. The lowest BCUT2D eigenvalue weighted by atomic mass is 9.98. The molecule has 9 heteroatoms. The number of rotatable bonds is 0. The molecule has 0 amide bonds. The van der Waals surface area contributed by atoms with Crippen molar-refractivity contribution in [3.63, 3.8) is 0 Å². The van der Waals surface area contributed by atoms with E-state index in [1.54, 1.807) is 38.8 Å². The summed E-state index contributed by atoms with van der Waals surface area (Å²) in [6.07, 6.45) is 2.59. The number of imidazole rings is 2. The Morgan fingerprint density at radius 1 is 0.939 bits per heavy atom. The molecular weight excluding hydrogens is 436 g/mol. The maximum atomic E-state index is 13.6. The van der Waals surface area contributed by atoms with E-state index >= 15 is 0 Å². The smallest absolute Gasteiger partial charge is 0.266 e. The SMILES string of the molecule is Cc1cnc2c(c1)nc1n2C(O)c2ccc3c(=O)n4c5ncc(C)cc5nc4c4sc-1c2c34. The molecule has 8 nitrogen and oxygen atoms in total. The monoisotopic (exact) mass is 450 g/mol. The summed E-state index contributed by atoms with van der Waals surface area (Å²) in [7, 11) is 0. The van der Waals surface area contributed by atoms with E-state index in [4.69, 9.17) is 9.97 Å². The van der Waals surface area contributed by atoms with Crippen molar-refractivity contribution in [2.45, 2.75) is 20.1 Å². The minimum atomic E-state index is -0.940. The first kappa shape index (κ1) is 17.6. The maximum absolute atomic E-state index is 13.6. The van der Waals surface area contributed by atoms with Crippen LogP contribution in [-0.2, 0) is 0 Å². The van der Waals surface area contributed by atoms with E-state index < -0.39 is 6.23 Å². The van der Waals surface area contributed by atoms with E-state index in [-0.39, 0.29) is 5.56 Å². The second-order valence-electron chi connectivity index (χ2n) is 8.68. The molecule has 0 saturated carbocycles. The third-order valence-corrected chi connectivity index (χ3v) is 7.74. The Balaban J connectivity index is 1.62. The van der Waals surface area contributed by atoms with Crippen LogP contribution in [-0.4, -0.2) is 34.0 Å². The van der Waals surface area contributed by atoms with Gasteiger partial charge in [-0.25, -0.2) is 24.3 Å². The topological polar surface area (TPSA) is 98.2 Å². The van der Waals surface area contributed by atoms with Gasteiger partial charge in [0.05, 0.1) is 9.58 Å². The zero-order valence-corrected chi connectivity index (χ0v) is 18.3. The quantitative estimate of drug-likeness (QED) is 0.376. The average molecular weight is 450 g/mol. The highest BCUT2D eigenvalue weighted by Gasteiger charge is 2.33. The van der Waals surface area contributed by atoms with Crippen LogP contribution >= 0.6 is 11.3 Å². The summed E-state index contributed by atoms with van der Waals surface area (Å²) < 4.78 is 4.27. The predicted octanol–water partition coefficient (Wildman–Crippen LogP) is 3.93. The molecule has 0 spiro atoms. The molecule has 1 atom stereocenters. The minimum Gasteiger partial charge on any atom is -0.369 e. The van der Waals surface area contributed by atoms with Crippen molar-refractivity contribution in [3.8, 4) is 10.7 Å². The lowest BCUT2D eigenvalue weighted by Gasteiger charge is -2.22. The van der Waals surface area contributed by atoms with E-state index in [0.29, 0.717) is 33.7 Å². The molecule has 1 unspecified atom stereocenters. The predicted molar refractivity (Wildman–Crippen MR) is 127 cm³/mol. The molecule has 0 saturated heterocycles. The Bertz CT molecular complexity index is 2050. The summed E-state index contributed by atoms with van der Waals surface area (Å²) in [5, 5.41) is 13.6. The van der Waals surface area contributed by atoms with Crippen molar-refractivity contribution in [3.05, 3.63) is 63.7 Å². The fourth-order valence-corrected chi connectivity index (χ4v) is 6.46. The minimum absolute atomic E-state index is 0.155. The average Bonchev–Trinajstić information content (AvgIpc) is 3.47. The summed E-state index contributed by atoms with van der Waals surface area (Å²) in [5.74, 6) is 0.660. The van der Waals surface area contributed by atoms with E-state index in [1.165, 1.54) is 0 Å². The number of aliphatic hydroxyl groups is 1. The summed E-state index contributed by atoms with van der Waals surface area (Å²) in [6.45, 7) is 3.93. The highest BCUT2D eigenvalue weighted by molar-refractivity contribution is 7.24. The first-order valence-corrected chi connectivity index (χ1v) is 11.4. The van der Waals surface area contributed by atoms with Crippen molar-refractivity contribution in [2.24, 2.45) is 0 Å². The molecular formula is C24H14N6O2S. The number of aromatic nitrogens is 6. The van der Waals surface area contributed by atoms with E-state index in [1.807, 2.05) is 32.0 Å². The third kappa shape index (κ3) is 1.94. The Morgan fingerprint density at radius 3 is 2.45 bits per heavy atom. The lowest BCUT2D eigenvalue weighted by Crippen LogP contribution is -2.17. The molecule has 0 aliphatic carbocycles. The molecule has 0 radical (unpaired) electrons. The van der Waals surface area contributed by atoms with Crippen LogP contribution < -0.4 is 5.56 Å². The van der Waals surface area contributed by atoms with Crippen LogP contribution in [0.2, 0.25) is 0 Å². The summed E-state index contributed by atoms with van der Waals surface area (Å²) in [6, 6.07) is 7.55. The maximum Gasteiger partial charge on any atom is 0.266 e.